The molecule has 0 spiro atoms. The van der Waals surface area contributed by atoms with E-state index in [4.69, 9.17) is 0 Å². The quantitative estimate of drug-likeness (QED) is 0.729. The van der Waals surface area contributed by atoms with E-state index in [-0.39, 0.29) is 5.91 Å². The standard InChI is InChI=1S/C18H16N2OS2/c21-17(16-6-3-9-22-16)20-18-19-15(11-23-18)14-8-7-12-4-1-2-5-13(12)10-14/h3,6-11H,1-2,4-5H2,(H,19,20,21). The molecule has 5 heteroatoms. The number of hydrogen-bond acceptors (Lipinski definition) is 4. The number of fused-ring (bicyclic) bond motifs is 1. The molecule has 4 rings (SSSR count). The largest absolute Gasteiger partial charge is 0.297 e. The van der Waals surface area contributed by atoms with Crippen molar-refractivity contribution >= 4 is 33.7 Å². The van der Waals surface area contributed by atoms with Crippen molar-refractivity contribution in [2.24, 2.45) is 0 Å². The molecule has 1 N–H and O–H groups in total. The number of anilines is 1. The smallest absolute Gasteiger partial charge is 0.267 e. The molecule has 2 aromatic heterocycles. The van der Waals surface area contributed by atoms with Gasteiger partial charge in [-0.05, 0) is 54.3 Å². The maximum Gasteiger partial charge on any atom is 0.267 e. The van der Waals surface area contributed by atoms with Gasteiger partial charge in [-0.3, -0.25) is 10.1 Å². The normalized spacial score (nSPS) is 13.6. The highest BCUT2D eigenvalue weighted by Crippen LogP contribution is 2.29. The van der Waals surface area contributed by atoms with Crippen LogP contribution in [0, 0.1) is 0 Å². The van der Waals surface area contributed by atoms with E-state index in [1.165, 1.54) is 53.1 Å². The van der Waals surface area contributed by atoms with Gasteiger partial charge in [-0.25, -0.2) is 4.98 Å². The zero-order valence-electron chi connectivity index (χ0n) is 12.5. The Hall–Kier alpha value is -1.98. The number of carbonyl (C=O) groups excluding carboxylic acids is 1. The van der Waals surface area contributed by atoms with Gasteiger partial charge in [0.25, 0.3) is 5.91 Å². The van der Waals surface area contributed by atoms with E-state index in [1.807, 2.05) is 22.9 Å². The van der Waals surface area contributed by atoms with Gasteiger partial charge in [0.2, 0.25) is 0 Å². The van der Waals surface area contributed by atoms with Crippen molar-refractivity contribution in [2.75, 3.05) is 5.32 Å². The first kappa shape index (κ1) is 14.6. The lowest BCUT2D eigenvalue weighted by Crippen LogP contribution is -2.09. The van der Waals surface area contributed by atoms with E-state index >= 15 is 0 Å². The fourth-order valence-electron chi connectivity index (χ4n) is 2.92. The summed E-state index contributed by atoms with van der Waals surface area (Å²) in [6.45, 7) is 0. The third-order valence-electron chi connectivity index (χ3n) is 4.11. The number of benzene rings is 1. The number of amides is 1. The van der Waals surface area contributed by atoms with E-state index < -0.39 is 0 Å². The summed E-state index contributed by atoms with van der Waals surface area (Å²) in [6.07, 6.45) is 4.92. The lowest BCUT2D eigenvalue weighted by atomic mass is 9.90. The molecule has 0 atom stereocenters. The summed E-state index contributed by atoms with van der Waals surface area (Å²) >= 11 is 2.90. The zero-order chi connectivity index (χ0) is 15.6. The van der Waals surface area contributed by atoms with Crippen molar-refractivity contribution in [3.05, 3.63) is 57.1 Å². The lowest BCUT2D eigenvalue weighted by Gasteiger charge is -2.16. The molecule has 0 saturated carbocycles. The number of hydrogen-bond donors (Lipinski definition) is 1. The molecular weight excluding hydrogens is 324 g/mol. The van der Waals surface area contributed by atoms with E-state index in [9.17, 15) is 4.79 Å². The zero-order valence-corrected chi connectivity index (χ0v) is 14.2. The van der Waals surface area contributed by atoms with Crippen molar-refractivity contribution in [2.45, 2.75) is 25.7 Å². The summed E-state index contributed by atoms with van der Waals surface area (Å²) in [5.74, 6) is -0.0914. The molecule has 3 aromatic rings. The van der Waals surface area contributed by atoms with Crippen molar-refractivity contribution in [3.8, 4) is 11.3 Å². The first-order valence-electron chi connectivity index (χ1n) is 7.72. The highest BCUT2D eigenvalue weighted by molar-refractivity contribution is 7.14. The number of nitrogens with zero attached hydrogens (tertiary/aromatic N) is 1. The second-order valence-electron chi connectivity index (χ2n) is 5.66. The van der Waals surface area contributed by atoms with E-state index in [1.54, 1.807) is 0 Å². The fourth-order valence-corrected chi connectivity index (χ4v) is 4.26. The fraction of sp³-hybridized carbons (Fsp3) is 0.222. The van der Waals surface area contributed by atoms with Gasteiger partial charge in [0.1, 0.15) is 0 Å². The van der Waals surface area contributed by atoms with Crippen LogP contribution >= 0.6 is 22.7 Å². The van der Waals surface area contributed by atoms with Gasteiger partial charge in [-0.15, -0.1) is 22.7 Å². The van der Waals surface area contributed by atoms with Gasteiger partial charge >= 0.3 is 0 Å². The van der Waals surface area contributed by atoms with E-state index in [0.717, 1.165) is 17.7 Å². The van der Waals surface area contributed by atoms with Crippen LogP contribution in [-0.2, 0) is 12.8 Å². The molecule has 23 heavy (non-hydrogen) atoms. The van der Waals surface area contributed by atoms with Gasteiger partial charge in [0.05, 0.1) is 10.6 Å². The Morgan fingerprint density at radius 1 is 1.09 bits per heavy atom. The summed E-state index contributed by atoms with van der Waals surface area (Å²) in [5.41, 5.74) is 5.00. The van der Waals surface area contributed by atoms with Crippen LogP contribution in [0.4, 0.5) is 5.13 Å². The molecule has 1 aliphatic carbocycles. The summed E-state index contributed by atoms with van der Waals surface area (Å²) in [6, 6.07) is 10.3. The van der Waals surface area contributed by atoms with Crippen molar-refractivity contribution in [3.63, 3.8) is 0 Å². The number of aryl methyl sites for hydroxylation is 2. The minimum Gasteiger partial charge on any atom is -0.297 e. The summed E-state index contributed by atoms with van der Waals surface area (Å²) in [4.78, 5) is 17.4. The summed E-state index contributed by atoms with van der Waals surface area (Å²) in [5, 5.41) is 7.43. The number of thiophene rings is 1. The Kier molecular flexibility index (Phi) is 3.97. The average Bonchev–Trinajstić information content (AvgIpc) is 3.26. The van der Waals surface area contributed by atoms with Gasteiger partial charge in [-0.1, -0.05) is 18.2 Å². The SMILES string of the molecule is O=C(Nc1nc(-c2ccc3c(c2)CCCC3)cs1)c1cccs1. The van der Waals surface area contributed by atoms with Crippen LogP contribution in [-0.4, -0.2) is 10.9 Å². The lowest BCUT2D eigenvalue weighted by molar-refractivity contribution is 0.103. The van der Waals surface area contributed by atoms with E-state index in [0.29, 0.717) is 10.0 Å². The highest BCUT2D eigenvalue weighted by atomic mass is 32.1. The van der Waals surface area contributed by atoms with Gasteiger partial charge in [0, 0.05) is 10.9 Å². The van der Waals surface area contributed by atoms with Crippen LogP contribution in [0.5, 0.6) is 0 Å². The van der Waals surface area contributed by atoms with Crippen LogP contribution in [0.2, 0.25) is 0 Å². The first-order valence-corrected chi connectivity index (χ1v) is 9.48. The van der Waals surface area contributed by atoms with Gasteiger partial charge in [-0.2, -0.15) is 0 Å². The molecule has 1 aromatic carbocycles. The predicted molar refractivity (Wildman–Crippen MR) is 96.5 cm³/mol. The second-order valence-corrected chi connectivity index (χ2v) is 7.47. The monoisotopic (exact) mass is 340 g/mol. The number of thiazole rings is 1. The molecule has 0 unspecified atom stereocenters. The minimum absolute atomic E-state index is 0.0914. The summed E-state index contributed by atoms with van der Waals surface area (Å²) in [7, 11) is 0. The van der Waals surface area contributed by atoms with Gasteiger partial charge < -0.3 is 0 Å². The Balaban J connectivity index is 1.55. The molecule has 2 heterocycles. The minimum atomic E-state index is -0.0914. The van der Waals surface area contributed by atoms with Crippen LogP contribution in [0.3, 0.4) is 0 Å². The molecule has 3 nitrogen and oxygen atoms in total. The maximum atomic E-state index is 12.1. The van der Waals surface area contributed by atoms with Crippen molar-refractivity contribution < 1.29 is 4.79 Å². The summed E-state index contributed by atoms with van der Waals surface area (Å²) < 4.78 is 0. The van der Waals surface area contributed by atoms with Crippen LogP contribution in [0.1, 0.15) is 33.6 Å². The van der Waals surface area contributed by atoms with Gasteiger partial charge in [0.15, 0.2) is 5.13 Å². The van der Waals surface area contributed by atoms with Crippen molar-refractivity contribution in [1.29, 1.82) is 0 Å². The Morgan fingerprint density at radius 3 is 2.78 bits per heavy atom. The number of rotatable bonds is 3. The molecule has 116 valence electrons. The molecule has 1 aliphatic rings. The highest BCUT2D eigenvalue weighted by Gasteiger charge is 2.13. The van der Waals surface area contributed by atoms with Crippen LogP contribution < -0.4 is 5.32 Å². The molecule has 1 amide bonds. The molecule has 0 bridgehead atoms. The maximum absolute atomic E-state index is 12.1. The predicted octanol–water partition coefficient (Wildman–Crippen LogP) is 5.00. The third-order valence-corrected chi connectivity index (χ3v) is 5.74. The molecule has 0 radical (unpaired) electrons. The molecule has 0 aliphatic heterocycles. The molecular formula is C18H16N2OS2. The Morgan fingerprint density at radius 2 is 1.96 bits per heavy atom. The van der Waals surface area contributed by atoms with Crippen LogP contribution in [0.25, 0.3) is 11.3 Å². The first-order chi connectivity index (χ1) is 11.3. The molecule has 0 fully saturated rings. The van der Waals surface area contributed by atoms with Crippen LogP contribution in [0.15, 0.2) is 41.1 Å². The molecule has 0 saturated heterocycles. The van der Waals surface area contributed by atoms with E-state index in [2.05, 4.69) is 28.5 Å². The number of carbonyl (C=O) groups is 1. The number of nitrogens with one attached hydrogen (secondary N) is 1. The van der Waals surface area contributed by atoms with Crippen molar-refractivity contribution in [1.82, 2.24) is 4.98 Å². The third kappa shape index (κ3) is 3.07. The second kappa shape index (κ2) is 6.26. The number of aromatic nitrogens is 1. The average molecular weight is 340 g/mol. The Labute approximate surface area is 143 Å². The topological polar surface area (TPSA) is 42.0 Å². The Bertz CT molecular complexity index is 837.